The van der Waals surface area contributed by atoms with Gasteiger partial charge in [0.2, 0.25) is 0 Å². The predicted molar refractivity (Wildman–Crippen MR) is 69.4 cm³/mol. The Balaban J connectivity index is 2.11. The predicted octanol–water partition coefficient (Wildman–Crippen LogP) is 2.20. The molecule has 0 spiro atoms. The summed E-state index contributed by atoms with van der Waals surface area (Å²) in [6, 6.07) is 4.67. The lowest BCUT2D eigenvalue weighted by molar-refractivity contribution is 0.166. The van der Waals surface area contributed by atoms with Crippen LogP contribution in [0.15, 0.2) is 22.8 Å². The van der Waals surface area contributed by atoms with Crippen molar-refractivity contribution in [2.75, 3.05) is 26.2 Å². The van der Waals surface area contributed by atoms with E-state index in [0.29, 0.717) is 6.04 Å². The van der Waals surface area contributed by atoms with Gasteiger partial charge in [0.1, 0.15) is 0 Å². The zero-order valence-electron chi connectivity index (χ0n) is 9.62. The van der Waals surface area contributed by atoms with Crippen LogP contribution in [0.25, 0.3) is 0 Å². The van der Waals surface area contributed by atoms with E-state index in [1.807, 2.05) is 6.20 Å². The first kappa shape index (κ1) is 12.0. The van der Waals surface area contributed by atoms with Crippen molar-refractivity contribution in [2.24, 2.45) is 0 Å². The third-order valence-electron chi connectivity index (χ3n) is 3.07. The van der Waals surface area contributed by atoms with Crippen molar-refractivity contribution < 1.29 is 0 Å². The van der Waals surface area contributed by atoms with Gasteiger partial charge in [-0.2, -0.15) is 0 Å². The van der Waals surface area contributed by atoms with E-state index >= 15 is 0 Å². The third kappa shape index (κ3) is 2.81. The first-order chi connectivity index (χ1) is 7.81. The van der Waals surface area contributed by atoms with Crippen LogP contribution < -0.4 is 5.32 Å². The van der Waals surface area contributed by atoms with E-state index in [2.05, 4.69) is 50.2 Å². The van der Waals surface area contributed by atoms with Crippen LogP contribution in [0.2, 0.25) is 0 Å². The molecule has 0 aromatic carbocycles. The largest absolute Gasteiger partial charge is 0.314 e. The average molecular weight is 284 g/mol. The highest BCUT2D eigenvalue weighted by Gasteiger charge is 2.21. The van der Waals surface area contributed by atoms with E-state index in [1.165, 1.54) is 5.69 Å². The van der Waals surface area contributed by atoms with Gasteiger partial charge in [-0.3, -0.25) is 9.88 Å². The Labute approximate surface area is 105 Å². The van der Waals surface area contributed by atoms with Gasteiger partial charge in [-0.05, 0) is 34.5 Å². The van der Waals surface area contributed by atoms with Crippen molar-refractivity contribution >= 4 is 15.9 Å². The van der Waals surface area contributed by atoms with Crippen molar-refractivity contribution in [1.29, 1.82) is 0 Å². The van der Waals surface area contributed by atoms with Gasteiger partial charge in [0, 0.05) is 36.8 Å². The Morgan fingerprint density at radius 3 is 2.75 bits per heavy atom. The van der Waals surface area contributed by atoms with Gasteiger partial charge in [0.25, 0.3) is 0 Å². The lowest BCUT2D eigenvalue weighted by atomic mass is 10.1. The summed E-state index contributed by atoms with van der Waals surface area (Å²) >= 11 is 3.43. The summed E-state index contributed by atoms with van der Waals surface area (Å²) in [4.78, 5) is 7.04. The number of rotatable bonds is 3. The fourth-order valence-corrected chi connectivity index (χ4v) is 2.47. The molecule has 0 radical (unpaired) electrons. The quantitative estimate of drug-likeness (QED) is 0.922. The minimum absolute atomic E-state index is 0.468. The van der Waals surface area contributed by atoms with Gasteiger partial charge in [0.15, 0.2) is 0 Å². The molecule has 1 fully saturated rings. The minimum Gasteiger partial charge on any atom is -0.314 e. The average Bonchev–Trinajstić information content (AvgIpc) is 2.34. The number of nitrogens with zero attached hydrogens (tertiary/aromatic N) is 2. The standard InChI is InChI=1S/C12H18BrN3/c1-2-12(16-7-5-14-6-8-16)11-4-3-10(13)9-15-11/h3-4,9,12,14H,2,5-8H2,1H3/t12-/m1/s1. The van der Waals surface area contributed by atoms with E-state index in [4.69, 9.17) is 0 Å². The van der Waals surface area contributed by atoms with E-state index in [0.717, 1.165) is 37.1 Å². The Morgan fingerprint density at radius 2 is 2.19 bits per heavy atom. The fraction of sp³-hybridized carbons (Fsp3) is 0.583. The van der Waals surface area contributed by atoms with E-state index < -0.39 is 0 Å². The zero-order chi connectivity index (χ0) is 11.4. The second-order valence-corrected chi connectivity index (χ2v) is 5.03. The molecule has 0 amide bonds. The molecular weight excluding hydrogens is 266 g/mol. The summed E-state index contributed by atoms with van der Waals surface area (Å²) in [5.74, 6) is 0. The maximum Gasteiger partial charge on any atom is 0.0576 e. The summed E-state index contributed by atoms with van der Waals surface area (Å²) in [6.07, 6.45) is 3.01. The highest BCUT2D eigenvalue weighted by Crippen LogP contribution is 2.23. The van der Waals surface area contributed by atoms with Crippen molar-refractivity contribution in [1.82, 2.24) is 15.2 Å². The Kier molecular flexibility index (Phi) is 4.32. The van der Waals surface area contributed by atoms with Gasteiger partial charge in [-0.15, -0.1) is 0 Å². The van der Waals surface area contributed by atoms with Crippen LogP contribution in [0.1, 0.15) is 25.1 Å². The molecule has 88 valence electrons. The molecule has 1 aliphatic rings. The minimum atomic E-state index is 0.468. The number of aromatic nitrogens is 1. The van der Waals surface area contributed by atoms with Crippen molar-refractivity contribution in [3.8, 4) is 0 Å². The Morgan fingerprint density at radius 1 is 1.44 bits per heavy atom. The zero-order valence-corrected chi connectivity index (χ0v) is 11.2. The summed E-state index contributed by atoms with van der Waals surface area (Å²) in [7, 11) is 0. The third-order valence-corrected chi connectivity index (χ3v) is 3.54. The Bertz CT molecular complexity index is 320. The molecule has 0 bridgehead atoms. The number of hydrogen-bond donors (Lipinski definition) is 1. The number of halogens is 1. The van der Waals surface area contributed by atoms with E-state index in [-0.39, 0.29) is 0 Å². The van der Waals surface area contributed by atoms with Crippen LogP contribution in [0.5, 0.6) is 0 Å². The van der Waals surface area contributed by atoms with Gasteiger partial charge in [-0.25, -0.2) is 0 Å². The molecule has 1 aromatic rings. The summed E-state index contributed by atoms with van der Waals surface area (Å²) in [5, 5.41) is 3.38. The molecule has 1 N–H and O–H groups in total. The second kappa shape index (κ2) is 5.75. The summed E-state index contributed by atoms with van der Waals surface area (Å²) < 4.78 is 1.05. The first-order valence-electron chi connectivity index (χ1n) is 5.87. The molecular formula is C12H18BrN3. The van der Waals surface area contributed by atoms with E-state index in [9.17, 15) is 0 Å². The summed E-state index contributed by atoms with van der Waals surface area (Å²) in [5.41, 5.74) is 1.19. The molecule has 2 rings (SSSR count). The topological polar surface area (TPSA) is 28.2 Å². The number of hydrogen-bond acceptors (Lipinski definition) is 3. The van der Waals surface area contributed by atoms with Crippen LogP contribution in [0.3, 0.4) is 0 Å². The monoisotopic (exact) mass is 283 g/mol. The molecule has 4 heteroatoms. The molecule has 0 saturated carbocycles. The van der Waals surface area contributed by atoms with Gasteiger partial charge < -0.3 is 5.32 Å². The molecule has 0 aliphatic carbocycles. The van der Waals surface area contributed by atoms with Crippen LogP contribution in [-0.2, 0) is 0 Å². The van der Waals surface area contributed by atoms with Crippen molar-refractivity contribution in [3.63, 3.8) is 0 Å². The van der Waals surface area contributed by atoms with Gasteiger partial charge >= 0.3 is 0 Å². The van der Waals surface area contributed by atoms with Crippen LogP contribution in [0.4, 0.5) is 0 Å². The number of nitrogens with one attached hydrogen (secondary N) is 1. The van der Waals surface area contributed by atoms with Crippen molar-refractivity contribution in [3.05, 3.63) is 28.5 Å². The second-order valence-electron chi connectivity index (χ2n) is 4.11. The van der Waals surface area contributed by atoms with Gasteiger partial charge in [-0.1, -0.05) is 6.92 Å². The van der Waals surface area contributed by atoms with Crippen LogP contribution in [-0.4, -0.2) is 36.1 Å². The molecule has 16 heavy (non-hydrogen) atoms. The molecule has 1 aromatic heterocycles. The molecule has 1 atom stereocenters. The lowest BCUT2D eigenvalue weighted by Crippen LogP contribution is -2.45. The smallest absolute Gasteiger partial charge is 0.0576 e. The van der Waals surface area contributed by atoms with Crippen molar-refractivity contribution in [2.45, 2.75) is 19.4 Å². The highest BCUT2D eigenvalue weighted by atomic mass is 79.9. The SMILES string of the molecule is CC[C@H](c1ccc(Br)cn1)N1CCNCC1. The maximum absolute atomic E-state index is 4.52. The summed E-state index contributed by atoms with van der Waals surface area (Å²) in [6.45, 7) is 6.66. The highest BCUT2D eigenvalue weighted by molar-refractivity contribution is 9.10. The van der Waals surface area contributed by atoms with E-state index in [1.54, 1.807) is 0 Å². The molecule has 1 aliphatic heterocycles. The number of pyridine rings is 1. The number of piperazine rings is 1. The van der Waals surface area contributed by atoms with Crippen LogP contribution >= 0.6 is 15.9 Å². The fourth-order valence-electron chi connectivity index (χ4n) is 2.23. The molecule has 0 unspecified atom stereocenters. The Hall–Kier alpha value is -0.450. The van der Waals surface area contributed by atoms with Crippen LogP contribution in [0, 0.1) is 0 Å². The first-order valence-corrected chi connectivity index (χ1v) is 6.66. The normalized spacial score (nSPS) is 19.6. The molecule has 3 nitrogen and oxygen atoms in total. The maximum atomic E-state index is 4.52. The molecule has 2 heterocycles. The van der Waals surface area contributed by atoms with Gasteiger partial charge in [0.05, 0.1) is 11.7 Å². The lowest BCUT2D eigenvalue weighted by Gasteiger charge is -2.34. The molecule has 1 saturated heterocycles.